The van der Waals surface area contributed by atoms with Gasteiger partial charge in [0.05, 0.1) is 0 Å². The molecule has 0 aliphatic heterocycles. The quantitative estimate of drug-likeness (QED) is 0.282. The summed E-state index contributed by atoms with van der Waals surface area (Å²) in [5.74, 6) is 0. The Bertz CT molecular complexity index is 1020. The minimum absolute atomic E-state index is 1.01. The molecule has 0 amide bonds. The van der Waals surface area contributed by atoms with Gasteiger partial charge in [-0.2, -0.15) is 0 Å². The highest BCUT2D eigenvalue weighted by molar-refractivity contribution is 5.39. The lowest BCUT2D eigenvalue weighted by Crippen LogP contribution is -2.04. The topological polar surface area (TPSA) is 0 Å². The van der Waals surface area contributed by atoms with E-state index >= 15 is 0 Å². The lowest BCUT2D eigenvalue weighted by atomic mass is 9.89. The smallest absolute Gasteiger partial charge is 0.00229 e. The fourth-order valence-electron chi connectivity index (χ4n) is 4.27. The molecule has 0 fully saturated rings. The molecular formula is C30H30. The molecule has 0 saturated carbocycles. The Hall–Kier alpha value is -3.12. The van der Waals surface area contributed by atoms with Crippen LogP contribution in [0.5, 0.6) is 0 Å². The summed E-state index contributed by atoms with van der Waals surface area (Å²) >= 11 is 0. The number of hydrogen-bond donors (Lipinski definition) is 0. The molecule has 30 heavy (non-hydrogen) atoms. The largest absolute Gasteiger partial charge is 0.0622 e. The standard InChI is InChI=1S/C30H30/c1-4-12-25(13-5-1)18-10-19-28-20-11-21-29(24-27-16-8-3-9-17-27)30(28)23-22-26-14-6-2-7-15-26/h1-9,11-17,20-21H,10,18-19,22-24H2. The van der Waals surface area contributed by atoms with Crippen molar-refractivity contribution in [3.63, 3.8) is 0 Å². The normalized spacial score (nSPS) is 10.8. The molecule has 0 heterocycles. The molecule has 0 aliphatic carbocycles. The maximum absolute atomic E-state index is 2.35. The van der Waals surface area contributed by atoms with Crippen LogP contribution < -0.4 is 0 Å². The third kappa shape index (κ3) is 5.70. The summed E-state index contributed by atoms with van der Waals surface area (Å²) in [6, 6.07) is 39.5. The predicted octanol–water partition coefficient (Wildman–Crippen LogP) is 7.24. The number of rotatable bonds is 9. The Labute approximate surface area is 181 Å². The van der Waals surface area contributed by atoms with Gasteiger partial charge in [0.2, 0.25) is 0 Å². The van der Waals surface area contributed by atoms with Gasteiger partial charge < -0.3 is 0 Å². The third-order valence-electron chi connectivity index (χ3n) is 5.87. The summed E-state index contributed by atoms with van der Waals surface area (Å²) in [4.78, 5) is 0. The van der Waals surface area contributed by atoms with E-state index in [4.69, 9.17) is 0 Å². The molecule has 0 spiro atoms. The average Bonchev–Trinajstić information content (AvgIpc) is 2.81. The monoisotopic (exact) mass is 390 g/mol. The zero-order chi connectivity index (χ0) is 20.4. The van der Waals surface area contributed by atoms with Gasteiger partial charge in [0.1, 0.15) is 0 Å². The van der Waals surface area contributed by atoms with Crippen LogP contribution in [0.15, 0.2) is 109 Å². The Kier molecular flexibility index (Phi) is 7.12. The van der Waals surface area contributed by atoms with Crippen molar-refractivity contribution in [1.82, 2.24) is 0 Å². The minimum atomic E-state index is 1.01. The summed E-state index contributed by atoms with van der Waals surface area (Å²) < 4.78 is 0. The molecule has 0 radical (unpaired) electrons. The van der Waals surface area contributed by atoms with Crippen LogP contribution in [0.25, 0.3) is 0 Å². The highest BCUT2D eigenvalue weighted by Crippen LogP contribution is 2.23. The van der Waals surface area contributed by atoms with Crippen LogP contribution in [-0.2, 0) is 32.1 Å². The third-order valence-corrected chi connectivity index (χ3v) is 5.87. The van der Waals surface area contributed by atoms with Crippen molar-refractivity contribution in [3.8, 4) is 0 Å². The van der Waals surface area contributed by atoms with Crippen molar-refractivity contribution >= 4 is 0 Å². The van der Waals surface area contributed by atoms with Crippen LogP contribution in [0.4, 0.5) is 0 Å². The number of aryl methyl sites for hydroxylation is 3. The molecule has 4 rings (SSSR count). The Morgan fingerprint density at radius 1 is 0.367 bits per heavy atom. The van der Waals surface area contributed by atoms with Crippen molar-refractivity contribution in [2.75, 3.05) is 0 Å². The number of benzene rings is 4. The SMILES string of the molecule is c1ccc(CCCc2cccc(Cc3ccccc3)c2CCc2ccccc2)cc1. The molecule has 0 bridgehead atoms. The Morgan fingerprint density at radius 3 is 1.53 bits per heavy atom. The molecule has 0 atom stereocenters. The highest BCUT2D eigenvalue weighted by atomic mass is 14.1. The summed E-state index contributed by atoms with van der Waals surface area (Å²) in [5.41, 5.74) is 8.80. The van der Waals surface area contributed by atoms with Crippen LogP contribution in [0, 0.1) is 0 Å². The van der Waals surface area contributed by atoms with Gasteiger partial charge in [-0.05, 0) is 71.9 Å². The van der Waals surface area contributed by atoms with Crippen LogP contribution in [0.2, 0.25) is 0 Å². The minimum Gasteiger partial charge on any atom is -0.0622 e. The van der Waals surface area contributed by atoms with Crippen molar-refractivity contribution < 1.29 is 0 Å². The predicted molar refractivity (Wildman–Crippen MR) is 128 cm³/mol. The first-order valence-corrected chi connectivity index (χ1v) is 11.1. The maximum Gasteiger partial charge on any atom is -0.00229 e. The van der Waals surface area contributed by atoms with Crippen LogP contribution in [0.3, 0.4) is 0 Å². The van der Waals surface area contributed by atoms with E-state index in [0.717, 1.165) is 32.1 Å². The average molecular weight is 391 g/mol. The van der Waals surface area contributed by atoms with Gasteiger partial charge in [-0.3, -0.25) is 0 Å². The second-order valence-corrected chi connectivity index (χ2v) is 8.04. The molecule has 0 saturated heterocycles. The van der Waals surface area contributed by atoms with E-state index in [1.807, 2.05) is 0 Å². The van der Waals surface area contributed by atoms with Crippen LogP contribution in [-0.4, -0.2) is 0 Å². The van der Waals surface area contributed by atoms with Crippen molar-refractivity contribution in [2.24, 2.45) is 0 Å². The van der Waals surface area contributed by atoms with Crippen molar-refractivity contribution in [1.29, 1.82) is 0 Å². The number of hydrogen-bond acceptors (Lipinski definition) is 0. The fourth-order valence-corrected chi connectivity index (χ4v) is 4.27. The molecule has 0 aromatic heterocycles. The summed E-state index contributed by atoms with van der Waals surface area (Å²) in [6.07, 6.45) is 6.68. The van der Waals surface area contributed by atoms with E-state index in [1.165, 1.54) is 34.2 Å². The first-order valence-electron chi connectivity index (χ1n) is 11.1. The highest BCUT2D eigenvalue weighted by Gasteiger charge is 2.10. The summed E-state index contributed by atoms with van der Waals surface area (Å²) in [5, 5.41) is 0. The fraction of sp³-hybridized carbons (Fsp3) is 0.200. The van der Waals surface area contributed by atoms with E-state index in [0.29, 0.717) is 0 Å². The Balaban J connectivity index is 1.53. The van der Waals surface area contributed by atoms with Crippen molar-refractivity contribution in [2.45, 2.75) is 38.5 Å². The molecule has 0 nitrogen and oxygen atoms in total. The zero-order valence-corrected chi connectivity index (χ0v) is 17.6. The lowest BCUT2D eigenvalue weighted by Gasteiger charge is -2.16. The molecule has 0 unspecified atom stereocenters. The van der Waals surface area contributed by atoms with Crippen LogP contribution >= 0.6 is 0 Å². The van der Waals surface area contributed by atoms with E-state index in [9.17, 15) is 0 Å². The van der Waals surface area contributed by atoms with Gasteiger partial charge in [-0.15, -0.1) is 0 Å². The molecule has 150 valence electrons. The molecule has 4 aromatic carbocycles. The molecule has 4 aromatic rings. The molecule has 0 aliphatic rings. The second kappa shape index (κ2) is 10.6. The van der Waals surface area contributed by atoms with E-state index in [-0.39, 0.29) is 0 Å². The van der Waals surface area contributed by atoms with Crippen LogP contribution in [0.1, 0.15) is 39.8 Å². The first kappa shape index (κ1) is 20.2. The summed E-state index contributed by atoms with van der Waals surface area (Å²) in [7, 11) is 0. The van der Waals surface area contributed by atoms with E-state index in [1.54, 1.807) is 5.56 Å². The van der Waals surface area contributed by atoms with E-state index in [2.05, 4.69) is 109 Å². The molecule has 0 heteroatoms. The van der Waals surface area contributed by atoms with Gasteiger partial charge in [0.25, 0.3) is 0 Å². The zero-order valence-electron chi connectivity index (χ0n) is 17.6. The van der Waals surface area contributed by atoms with Gasteiger partial charge in [-0.1, -0.05) is 109 Å². The second-order valence-electron chi connectivity index (χ2n) is 8.04. The van der Waals surface area contributed by atoms with Gasteiger partial charge >= 0.3 is 0 Å². The van der Waals surface area contributed by atoms with Gasteiger partial charge in [-0.25, -0.2) is 0 Å². The first-order chi connectivity index (χ1) is 14.9. The lowest BCUT2D eigenvalue weighted by molar-refractivity contribution is 0.800. The van der Waals surface area contributed by atoms with Gasteiger partial charge in [0, 0.05) is 0 Å². The Morgan fingerprint density at radius 2 is 0.900 bits per heavy atom. The molecular weight excluding hydrogens is 360 g/mol. The molecule has 0 N–H and O–H groups in total. The summed E-state index contributed by atoms with van der Waals surface area (Å²) in [6.45, 7) is 0. The van der Waals surface area contributed by atoms with Gasteiger partial charge in [0.15, 0.2) is 0 Å². The van der Waals surface area contributed by atoms with Crippen molar-refractivity contribution in [3.05, 3.63) is 143 Å². The maximum atomic E-state index is 2.35. The van der Waals surface area contributed by atoms with E-state index < -0.39 is 0 Å².